The van der Waals surface area contributed by atoms with Crippen molar-refractivity contribution >= 4 is 11.9 Å². The van der Waals surface area contributed by atoms with Crippen molar-refractivity contribution in [3.05, 3.63) is 48.2 Å². The first-order chi connectivity index (χ1) is 10.3. The highest BCUT2D eigenvalue weighted by Crippen LogP contribution is 2.35. The van der Waals surface area contributed by atoms with Gasteiger partial charge in [-0.15, -0.1) is 0 Å². The van der Waals surface area contributed by atoms with Gasteiger partial charge in [-0.3, -0.25) is 9.59 Å². The Bertz CT molecular complexity index is 554. The lowest BCUT2D eigenvalue weighted by molar-refractivity contribution is -0.249. The minimum Gasteiger partial charge on any atom is -0.497 e. The smallest absolute Gasteiger partial charge is 0.326 e. The average molecular weight is 304 g/mol. The van der Waals surface area contributed by atoms with E-state index < -0.39 is 23.1 Å². The monoisotopic (exact) mass is 304 g/mol. The van der Waals surface area contributed by atoms with Crippen LogP contribution >= 0.6 is 0 Å². The molecule has 0 aliphatic carbocycles. The van der Waals surface area contributed by atoms with E-state index in [9.17, 15) is 9.59 Å². The third-order valence-corrected chi connectivity index (χ3v) is 3.39. The van der Waals surface area contributed by atoms with E-state index in [1.807, 2.05) is 30.3 Å². The Kier molecular flexibility index (Phi) is 4.54. The fourth-order valence-electron chi connectivity index (χ4n) is 2.01. The molecule has 0 atom stereocenters. The Labute approximate surface area is 129 Å². The number of carbonyl (C=O) groups is 2. The number of esters is 2. The van der Waals surface area contributed by atoms with Crippen LogP contribution in [0.25, 0.3) is 0 Å². The third-order valence-electron chi connectivity index (χ3n) is 3.39. The van der Waals surface area contributed by atoms with Gasteiger partial charge in [-0.2, -0.15) is 0 Å². The number of allylic oxidation sites excluding steroid dienone is 1. The first-order valence-electron chi connectivity index (χ1n) is 7.11. The number of ether oxygens (including phenoxy) is 3. The Hall–Kier alpha value is -2.30. The van der Waals surface area contributed by atoms with Crippen LogP contribution in [0.15, 0.2) is 42.7 Å². The summed E-state index contributed by atoms with van der Waals surface area (Å²) in [5.74, 6) is -2.37. The summed E-state index contributed by atoms with van der Waals surface area (Å²) in [4.78, 5) is 24.1. The molecule has 0 bridgehead atoms. The van der Waals surface area contributed by atoms with E-state index in [1.165, 1.54) is 27.0 Å². The Morgan fingerprint density at radius 1 is 1.05 bits per heavy atom. The van der Waals surface area contributed by atoms with Crippen LogP contribution in [0, 0.1) is 5.41 Å². The van der Waals surface area contributed by atoms with E-state index >= 15 is 0 Å². The molecule has 1 heterocycles. The minimum absolute atomic E-state index is 0.162. The lowest BCUT2D eigenvalue weighted by atomic mass is 9.86. The summed E-state index contributed by atoms with van der Waals surface area (Å²) >= 11 is 0. The van der Waals surface area contributed by atoms with Gasteiger partial charge in [0.25, 0.3) is 5.79 Å². The number of rotatable bonds is 5. The second-order valence-electron chi connectivity index (χ2n) is 5.88. The molecule has 0 radical (unpaired) electrons. The van der Waals surface area contributed by atoms with E-state index in [-0.39, 0.29) is 6.42 Å². The maximum atomic E-state index is 12.0. The highest BCUT2D eigenvalue weighted by Gasteiger charge is 2.52. The van der Waals surface area contributed by atoms with Gasteiger partial charge in [-0.25, -0.2) is 0 Å². The summed E-state index contributed by atoms with van der Waals surface area (Å²) in [7, 11) is 0. The lowest BCUT2D eigenvalue weighted by Crippen LogP contribution is -2.52. The molecular formula is C17H20O5. The van der Waals surface area contributed by atoms with Crippen LogP contribution in [-0.2, 0) is 30.4 Å². The average Bonchev–Trinajstić information content (AvgIpc) is 2.45. The van der Waals surface area contributed by atoms with E-state index in [2.05, 4.69) is 0 Å². The van der Waals surface area contributed by atoms with Crippen LogP contribution in [0.1, 0.15) is 32.8 Å². The van der Waals surface area contributed by atoms with Gasteiger partial charge < -0.3 is 14.2 Å². The number of carbonyl (C=O) groups excluding carboxylic acids is 2. The highest BCUT2D eigenvalue weighted by atomic mass is 16.7. The van der Waals surface area contributed by atoms with Crippen LogP contribution in [0.3, 0.4) is 0 Å². The zero-order chi connectivity index (χ0) is 16.2. The number of hydrogen-bond donors (Lipinski definition) is 0. The van der Waals surface area contributed by atoms with Crippen molar-refractivity contribution in [1.82, 2.24) is 0 Å². The summed E-state index contributed by atoms with van der Waals surface area (Å²) in [5.41, 5.74) is -0.293. The fraction of sp³-hybridized carbons (Fsp3) is 0.412. The molecule has 1 aliphatic rings. The minimum atomic E-state index is -1.33. The zero-order valence-corrected chi connectivity index (χ0v) is 13.0. The van der Waals surface area contributed by atoms with Crippen molar-refractivity contribution in [1.29, 1.82) is 0 Å². The SMILES string of the molecule is CC1(C)OC(=O)C(C)(C/C=C/OCc2ccccc2)C(=O)O1. The van der Waals surface area contributed by atoms with Crippen molar-refractivity contribution in [3.63, 3.8) is 0 Å². The van der Waals surface area contributed by atoms with Gasteiger partial charge in [0.1, 0.15) is 6.61 Å². The lowest BCUT2D eigenvalue weighted by Gasteiger charge is -2.37. The molecule has 0 N–H and O–H groups in total. The van der Waals surface area contributed by atoms with Crippen molar-refractivity contribution in [3.8, 4) is 0 Å². The predicted molar refractivity (Wildman–Crippen MR) is 79.4 cm³/mol. The molecule has 0 amide bonds. The second-order valence-corrected chi connectivity index (χ2v) is 5.88. The van der Waals surface area contributed by atoms with E-state index in [0.717, 1.165) is 5.56 Å². The summed E-state index contributed by atoms with van der Waals surface area (Å²) in [5, 5.41) is 0. The molecule has 1 saturated heterocycles. The van der Waals surface area contributed by atoms with Crippen molar-refractivity contribution in [2.24, 2.45) is 5.41 Å². The van der Waals surface area contributed by atoms with Crippen LogP contribution in [0.4, 0.5) is 0 Å². The van der Waals surface area contributed by atoms with Gasteiger partial charge >= 0.3 is 11.9 Å². The van der Waals surface area contributed by atoms with Crippen molar-refractivity contribution in [2.75, 3.05) is 0 Å². The van der Waals surface area contributed by atoms with Gasteiger partial charge in [0.05, 0.1) is 6.26 Å². The Balaban J connectivity index is 1.88. The summed E-state index contributed by atoms with van der Waals surface area (Å²) < 4.78 is 15.6. The molecule has 0 unspecified atom stereocenters. The molecule has 2 rings (SSSR count). The largest absolute Gasteiger partial charge is 0.497 e. The van der Waals surface area contributed by atoms with Gasteiger partial charge in [0.2, 0.25) is 0 Å². The Morgan fingerprint density at radius 2 is 1.64 bits per heavy atom. The molecule has 0 aromatic heterocycles. The van der Waals surface area contributed by atoms with Gasteiger partial charge in [0, 0.05) is 13.8 Å². The summed E-state index contributed by atoms with van der Waals surface area (Å²) in [6, 6.07) is 9.70. The molecule has 0 saturated carbocycles. The first kappa shape index (κ1) is 16.1. The molecule has 5 nitrogen and oxygen atoms in total. The highest BCUT2D eigenvalue weighted by molar-refractivity contribution is 6.01. The van der Waals surface area contributed by atoms with E-state index in [1.54, 1.807) is 6.08 Å². The van der Waals surface area contributed by atoms with Crippen LogP contribution in [0.5, 0.6) is 0 Å². The van der Waals surface area contributed by atoms with Crippen LogP contribution < -0.4 is 0 Å². The van der Waals surface area contributed by atoms with E-state index in [0.29, 0.717) is 6.61 Å². The number of benzene rings is 1. The molecule has 1 aliphatic heterocycles. The third kappa shape index (κ3) is 3.67. The fourth-order valence-corrected chi connectivity index (χ4v) is 2.01. The molecule has 5 heteroatoms. The first-order valence-corrected chi connectivity index (χ1v) is 7.11. The maximum absolute atomic E-state index is 12.0. The number of cyclic esters (lactones) is 2. The maximum Gasteiger partial charge on any atom is 0.326 e. The molecule has 1 aromatic carbocycles. The van der Waals surface area contributed by atoms with Crippen LogP contribution in [-0.4, -0.2) is 17.7 Å². The normalized spacial score (nSPS) is 19.6. The summed E-state index contributed by atoms with van der Waals surface area (Å²) in [6.45, 7) is 4.99. The molecule has 1 aromatic rings. The number of hydrogen-bond acceptors (Lipinski definition) is 5. The predicted octanol–water partition coefficient (Wildman–Crippen LogP) is 2.95. The van der Waals surface area contributed by atoms with Gasteiger partial charge in [0.15, 0.2) is 5.41 Å². The summed E-state index contributed by atoms with van der Waals surface area (Å²) in [6.07, 6.45) is 3.28. The van der Waals surface area contributed by atoms with Gasteiger partial charge in [-0.1, -0.05) is 30.3 Å². The molecule has 22 heavy (non-hydrogen) atoms. The molecule has 118 valence electrons. The standard InChI is InChI=1S/C17H20O5/c1-16(2)21-14(18)17(3,15(19)22-16)10-7-11-20-12-13-8-5-4-6-9-13/h4-9,11H,10,12H2,1-3H3/b11-7+. The second kappa shape index (κ2) is 6.22. The van der Waals surface area contributed by atoms with Crippen LogP contribution in [0.2, 0.25) is 0 Å². The topological polar surface area (TPSA) is 61.8 Å². The molecular weight excluding hydrogens is 284 g/mol. The quantitative estimate of drug-likeness (QED) is 0.475. The Morgan fingerprint density at radius 3 is 2.23 bits per heavy atom. The zero-order valence-electron chi connectivity index (χ0n) is 13.0. The molecule has 0 spiro atoms. The van der Waals surface area contributed by atoms with Crippen molar-refractivity contribution < 1.29 is 23.8 Å². The molecule has 1 fully saturated rings. The van der Waals surface area contributed by atoms with Crippen molar-refractivity contribution in [2.45, 2.75) is 39.6 Å². The van der Waals surface area contributed by atoms with Gasteiger partial charge in [-0.05, 0) is 25.0 Å². The van der Waals surface area contributed by atoms with E-state index in [4.69, 9.17) is 14.2 Å².